The number of H-pyrrole nitrogens is 1. The Kier molecular flexibility index (Phi) is 5.06. The molecule has 0 spiro atoms. The number of amides is 1. The van der Waals surface area contributed by atoms with Crippen LogP contribution in [-0.4, -0.2) is 35.8 Å². The number of rotatable bonds is 3. The van der Waals surface area contributed by atoms with Gasteiger partial charge < -0.3 is 14.2 Å². The van der Waals surface area contributed by atoms with Crippen LogP contribution in [0.1, 0.15) is 30.1 Å². The van der Waals surface area contributed by atoms with Gasteiger partial charge in [-0.05, 0) is 37.0 Å². The summed E-state index contributed by atoms with van der Waals surface area (Å²) in [5.41, 5.74) is -0.147. The van der Waals surface area contributed by atoms with Crippen molar-refractivity contribution in [1.29, 1.82) is 0 Å². The van der Waals surface area contributed by atoms with Crippen LogP contribution in [0.25, 0.3) is 0 Å². The molecule has 0 aliphatic carbocycles. The molecule has 1 saturated heterocycles. The number of aromatic amines is 1. The lowest BCUT2D eigenvalue weighted by molar-refractivity contribution is 0.0816. The summed E-state index contributed by atoms with van der Waals surface area (Å²) in [7, 11) is 1.24. The van der Waals surface area contributed by atoms with Gasteiger partial charge in [-0.2, -0.15) is 5.16 Å². The molecule has 1 aromatic carbocycles. The highest BCUT2D eigenvalue weighted by Gasteiger charge is 2.34. The molecule has 1 fully saturated rings. The third-order valence-electron chi connectivity index (χ3n) is 4.59. The van der Waals surface area contributed by atoms with Crippen molar-refractivity contribution in [2.45, 2.75) is 31.2 Å². The summed E-state index contributed by atoms with van der Waals surface area (Å²) < 4.78 is 50.0. The average molecular weight is 370 g/mol. The molecule has 26 heavy (non-hydrogen) atoms. The highest BCUT2D eigenvalue weighted by molar-refractivity contribution is 5.68. The molecule has 140 valence electrons. The molecule has 1 aliphatic heterocycles. The molecule has 1 amide bonds. The van der Waals surface area contributed by atoms with E-state index in [1.165, 1.54) is 18.1 Å². The fraction of sp³-hybridized carbons (Fsp3) is 0.412. The lowest BCUT2D eigenvalue weighted by Gasteiger charge is -2.38. The first-order valence-corrected chi connectivity index (χ1v) is 8.05. The van der Waals surface area contributed by atoms with E-state index in [4.69, 9.17) is 9.26 Å². The van der Waals surface area contributed by atoms with Gasteiger partial charge in [-0.1, -0.05) is 0 Å². The molecular weight excluding hydrogens is 353 g/mol. The molecule has 1 N–H and O–H groups in total. The van der Waals surface area contributed by atoms with Crippen molar-refractivity contribution < 1.29 is 27.2 Å². The fourth-order valence-corrected chi connectivity index (χ4v) is 3.36. The van der Waals surface area contributed by atoms with E-state index in [0.29, 0.717) is 25.1 Å². The Morgan fingerprint density at radius 3 is 2.58 bits per heavy atom. The van der Waals surface area contributed by atoms with Crippen molar-refractivity contribution in [3.05, 3.63) is 57.3 Å². The topological polar surface area (TPSA) is 75.5 Å². The zero-order valence-electron chi connectivity index (χ0n) is 13.9. The number of hydrogen-bond donors (Lipinski definition) is 1. The van der Waals surface area contributed by atoms with Crippen LogP contribution >= 0.6 is 0 Å². The predicted molar refractivity (Wildman–Crippen MR) is 84.2 cm³/mol. The summed E-state index contributed by atoms with van der Waals surface area (Å²) in [6, 6.07) is 2.71. The van der Waals surface area contributed by atoms with Crippen molar-refractivity contribution in [2.75, 3.05) is 13.7 Å². The monoisotopic (exact) mass is 370 g/mol. The lowest BCUT2D eigenvalue weighted by Crippen LogP contribution is -2.46. The van der Waals surface area contributed by atoms with Gasteiger partial charge in [0, 0.05) is 24.6 Å². The maximum atomic E-state index is 13.5. The van der Waals surface area contributed by atoms with Gasteiger partial charge in [-0.3, -0.25) is 4.79 Å². The van der Waals surface area contributed by atoms with Crippen molar-refractivity contribution in [1.82, 2.24) is 10.1 Å². The standard InChI is InChI=1S/C17H17F3N2O4/c1-25-17(24)22-3-2-10(14-8-15(23)21-26-14)7-11(22)4-9-5-12(18)16(20)13(19)6-9/h5-6,8,10-11H,2-4,7H2,1H3,(H,21,23)/t10-,11+/m0/s1. The zero-order valence-corrected chi connectivity index (χ0v) is 13.9. The minimum absolute atomic E-state index is 0.106. The summed E-state index contributed by atoms with van der Waals surface area (Å²) in [4.78, 5) is 24.8. The quantitative estimate of drug-likeness (QED) is 0.843. The van der Waals surface area contributed by atoms with Gasteiger partial charge in [-0.25, -0.2) is 18.0 Å². The van der Waals surface area contributed by atoms with E-state index in [1.54, 1.807) is 0 Å². The maximum absolute atomic E-state index is 13.5. The van der Waals surface area contributed by atoms with Gasteiger partial charge in [0.05, 0.1) is 7.11 Å². The largest absolute Gasteiger partial charge is 0.453 e. The molecule has 2 aromatic rings. The normalized spacial score (nSPS) is 20.2. The number of methoxy groups -OCH3 is 1. The number of carbonyl (C=O) groups excluding carboxylic acids is 1. The van der Waals surface area contributed by atoms with Gasteiger partial charge in [0.2, 0.25) is 0 Å². The van der Waals surface area contributed by atoms with Gasteiger partial charge in [-0.15, -0.1) is 0 Å². The SMILES string of the molecule is COC(=O)N1CC[C@H](c2cc(=O)[nH]o2)C[C@H]1Cc1cc(F)c(F)c(F)c1. The number of benzene rings is 1. The smallest absolute Gasteiger partial charge is 0.409 e. The van der Waals surface area contributed by atoms with Crippen molar-refractivity contribution >= 4 is 6.09 Å². The van der Waals surface area contributed by atoms with Crippen LogP contribution in [0.2, 0.25) is 0 Å². The first-order valence-electron chi connectivity index (χ1n) is 8.05. The summed E-state index contributed by atoms with van der Waals surface area (Å²) in [5, 5.41) is 2.22. The number of hydrogen-bond acceptors (Lipinski definition) is 4. The molecule has 0 unspecified atom stereocenters. The van der Waals surface area contributed by atoms with Gasteiger partial charge in [0.1, 0.15) is 5.76 Å². The van der Waals surface area contributed by atoms with Crippen molar-refractivity contribution in [2.24, 2.45) is 0 Å². The highest BCUT2D eigenvalue weighted by Crippen LogP contribution is 2.33. The summed E-state index contributed by atoms with van der Waals surface area (Å²) in [6.45, 7) is 0.322. The summed E-state index contributed by atoms with van der Waals surface area (Å²) >= 11 is 0. The number of aromatic nitrogens is 1. The Bertz CT molecular complexity index is 841. The molecule has 0 bridgehead atoms. The van der Waals surface area contributed by atoms with E-state index in [1.807, 2.05) is 0 Å². The first kappa shape index (κ1) is 18.1. The first-order chi connectivity index (χ1) is 12.4. The molecule has 3 rings (SSSR count). The van der Waals surface area contributed by atoms with E-state index < -0.39 is 29.6 Å². The van der Waals surface area contributed by atoms with Gasteiger partial charge in [0.15, 0.2) is 17.5 Å². The molecule has 1 aliphatic rings. The maximum Gasteiger partial charge on any atom is 0.409 e. The Morgan fingerprint density at radius 1 is 1.31 bits per heavy atom. The van der Waals surface area contributed by atoms with Crippen LogP contribution in [0.5, 0.6) is 0 Å². The van der Waals surface area contributed by atoms with E-state index >= 15 is 0 Å². The van der Waals surface area contributed by atoms with E-state index in [2.05, 4.69) is 5.16 Å². The molecule has 0 saturated carbocycles. The Balaban J connectivity index is 1.85. The van der Waals surface area contributed by atoms with Crippen LogP contribution < -0.4 is 5.56 Å². The second-order valence-electron chi connectivity index (χ2n) is 6.23. The number of likely N-dealkylation sites (tertiary alicyclic amines) is 1. The molecule has 2 heterocycles. The number of nitrogens with zero attached hydrogens (tertiary/aromatic N) is 1. The third-order valence-corrected chi connectivity index (χ3v) is 4.59. The molecule has 1 aromatic heterocycles. The van der Waals surface area contributed by atoms with Crippen molar-refractivity contribution in [3.8, 4) is 0 Å². The molecule has 0 radical (unpaired) electrons. The molecular formula is C17H17F3N2O4. The average Bonchev–Trinajstić information content (AvgIpc) is 3.05. The zero-order chi connectivity index (χ0) is 18.8. The minimum atomic E-state index is -1.53. The Morgan fingerprint density at radius 2 is 2.00 bits per heavy atom. The third kappa shape index (κ3) is 3.61. The van der Waals surface area contributed by atoms with E-state index in [0.717, 1.165) is 12.1 Å². The number of carbonyl (C=O) groups is 1. The number of piperidine rings is 1. The second kappa shape index (κ2) is 7.27. The van der Waals surface area contributed by atoms with Crippen LogP contribution in [0.15, 0.2) is 27.5 Å². The van der Waals surface area contributed by atoms with Crippen LogP contribution in [0.3, 0.4) is 0 Å². The summed E-state index contributed by atoms with van der Waals surface area (Å²) in [6.07, 6.45) is 0.482. The van der Waals surface area contributed by atoms with Gasteiger partial charge in [0.25, 0.3) is 5.56 Å². The highest BCUT2D eigenvalue weighted by atomic mass is 19.2. The number of ether oxygens (including phenoxy) is 1. The summed E-state index contributed by atoms with van der Waals surface area (Å²) in [5.74, 6) is -3.78. The van der Waals surface area contributed by atoms with Crippen LogP contribution in [0, 0.1) is 17.5 Å². The van der Waals surface area contributed by atoms with Crippen molar-refractivity contribution in [3.63, 3.8) is 0 Å². The van der Waals surface area contributed by atoms with Crippen LogP contribution in [-0.2, 0) is 11.2 Å². The predicted octanol–water partition coefficient (Wildman–Crippen LogP) is 2.94. The Hall–Kier alpha value is -2.71. The molecule has 6 nitrogen and oxygen atoms in total. The number of halogens is 3. The van der Waals surface area contributed by atoms with Gasteiger partial charge >= 0.3 is 6.09 Å². The number of nitrogens with one attached hydrogen (secondary N) is 1. The molecule has 9 heteroatoms. The van der Waals surface area contributed by atoms with E-state index in [9.17, 15) is 22.8 Å². The molecule has 2 atom stereocenters. The Labute approximate surface area is 146 Å². The second-order valence-corrected chi connectivity index (χ2v) is 6.23. The lowest BCUT2D eigenvalue weighted by atomic mass is 9.86. The van der Waals surface area contributed by atoms with E-state index in [-0.39, 0.29) is 23.5 Å². The fourth-order valence-electron chi connectivity index (χ4n) is 3.36. The van der Waals surface area contributed by atoms with Crippen LogP contribution in [0.4, 0.5) is 18.0 Å². The minimum Gasteiger partial charge on any atom is -0.453 e.